The van der Waals surface area contributed by atoms with Crippen LogP contribution >= 0.6 is 0 Å². The minimum Gasteiger partial charge on any atom is -0.436 e. The molecule has 2 heterocycles. The summed E-state index contributed by atoms with van der Waals surface area (Å²) in [6, 6.07) is 16.8. The number of hydrogen-bond donors (Lipinski definition) is 0. The lowest BCUT2D eigenvalue weighted by Crippen LogP contribution is -2.37. The number of sulfonamides is 1. The van der Waals surface area contributed by atoms with Crippen LogP contribution in [0.25, 0.3) is 22.8 Å². The molecule has 0 amide bonds. The summed E-state index contributed by atoms with van der Waals surface area (Å²) in [5.74, 6) is 1.17. The van der Waals surface area contributed by atoms with Crippen molar-refractivity contribution in [2.45, 2.75) is 51.0 Å². The molecular formula is C25H28N2O3S. The Balaban J connectivity index is 1.40. The van der Waals surface area contributed by atoms with Gasteiger partial charge in [-0.3, -0.25) is 0 Å². The Morgan fingerprint density at radius 3 is 2.39 bits per heavy atom. The fourth-order valence-electron chi connectivity index (χ4n) is 5.74. The van der Waals surface area contributed by atoms with Gasteiger partial charge >= 0.3 is 0 Å². The first kappa shape index (κ1) is 20.5. The van der Waals surface area contributed by atoms with E-state index in [0.717, 1.165) is 30.4 Å². The van der Waals surface area contributed by atoms with Gasteiger partial charge in [0.05, 0.1) is 11.1 Å². The van der Waals surface area contributed by atoms with Crippen molar-refractivity contribution < 1.29 is 12.8 Å². The van der Waals surface area contributed by atoms with Crippen molar-refractivity contribution >= 4 is 10.0 Å². The predicted molar refractivity (Wildman–Crippen MR) is 121 cm³/mol. The fraction of sp³-hybridized carbons (Fsp3) is 0.400. The van der Waals surface area contributed by atoms with Crippen LogP contribution in [0.2, 0.25) is 0 Å². The van der Waals surface area contributed by atoms with E-state index in [9.17, 15) is 8.42 Å². The van der Waals surface area contributed by atoms with E-state index in [-0.39, 0.29) is 16.9 Å². The summed E-state index contributed by atoms with van der Waals surface area (Å²) >= 11 is 0. The second-order valence-electron chi connectivity index (χ2n) is 10.2. The predicted octanol–water partition coefficient (Wildman–Crippen LogP) is 5.60. The number of rotatable bonds is 4. The van der Waals surface area contributed by atoms with E-state index in [0.29, 0.717) is 23.1 Å². The normalized spacial score (nSPS) is 25.6. The number of oxazole rings is 1. The molecule has 1 aliphatic heterocycles. The summed E-state index contributed by atoms with van der Waals surface area (Å²) in [6.07, 6.45) is 4.63. The Hall–Kier alpha value is -2.44. The fourth-order valence-corrected chi connectivity index (χ4v) is 7.51. The molecule has 5 rings (SSSR count). The molecular weight excluding hydrogens is 408 g/mol. The zero-order chi connectivity index (χ0) is 21.9. The second-order valence-corrected chi connectivity index (χ2v) is 12.1. The van der Waals surface area contributed by atoms with E-state index in [1.165, 1.54) is 0 Å². The largest absolute Gasteiger partial charge is 0.436 e. The molecule has 2 aliphatic rings. The minimum atomic E-state index is -3.54. The highest BCUT2D eigenvalue weighted by molar-refractivity contribution is 7.89. The standard InChI is InChI=1S/C25H28N2O3S/c1-24(2)13-20-14-25(3,16-24)17-27(20)31(28,29)21-11-9-19(10-12-21)23-26-15-22(30-23)18-7-5-4-6-8-18/h4-12,15,20H,13-14,16-17H2,1-3H3. The van der Waals surface area contributed by atoms with Crippen molar-refractivity contribution in [2.24, 2.45) is 10.8 Å². The quantitative estimate of drug-likeness (QED) is 0.534. The van der Waals surface area contributed by atoms with E-state index in [2.05, 4.69) is 25.8 Å². The van der Waals surface area contributed by atoms with Gasteiger partial charge in [-0.1, -0.05) is 51.1 Å². The lowest BCUT2D eigenvalue weighted by atomic mass is 9.65. The second kappa shape index (κ2) is 7.04. The van der Waals surface area contributed by atoms with Crippen LogP contribution in [-0.2, 0) is 10.0 Å². The Labute approximate surface area is 184 Å². The first-order valence-electron chi connectivity index (χ1n) is 10.8. The summed E-state index contributed by atoms with van der Waals surface area (Å²) in [5.41, 5.74) is 1.95. The molecule has 0 spiro atoms. The molecule has 2 fully saturated rings. The molecule has 6 heteroatoms. The molecule has 2 aromatic carbocycles. The van der Waals surface area contributed by atoms with Crippen LogP contribution in [0.3, 0.4) is 0 Å². The Bertz CT molecular complexity index is 1200. The first-order chi connectivity index (χ1) is 14.7. The topological polar surface area (TPSA) is 63.4 Å². The molecule has 1 aromatic heterocycles. The first-order valence-corrected chi connectivity index (χ1v) is 12.2. The third-order valence-electron chi connectivity index (χ3n) is 6.64. The molecule has 2 bridgehead atoms. The third-order valence-corrected chi connectivity index (χ3v) is 8.55. The SMILES string of the molecule is CC1(C)CC2CC(C)(CN2S(=O)(=O)c2ccc(-c3ncc(-c4ccccc4)o3)cc2)C1. The van der Waals surface area contributed by atoms with Gasteiger partial charge in [0.25, 0.3) is 0 Å². The summed E-state index contributed by atoms with van der Waals surface area (Å²) < 4.78 is 34.6. The number of nitrogens with zero attached hydrogens (tertiary/aromatic N) is 2. The van der Waals surface area contributed by atoms with Crippen molar-refractivity contribution in [3.63, 3.8) is 0 Å². The van der Waals surface area contributed by atoms with Gasteiger partial charge < -0.3 is 4.42 Å². The summed E-state index contributed by atoms with van der Waals surface area (Å²) in [4.78, 5) is 4.71. The highest BCUT2D eigenvalue weighted by Gasteiger charge is 2.53. The molecule has 1 aliphatic carbocycles. The van der Waals surface area contributed by atoms with Gasteiger partial charge in [-0.25, -0.2) is 13.4 Å². The van der Waals surface area contributed by atoms with Crippen molar-refractivity contribution in [1.82, 2.24) is 9.29 Å². The van der Waals surface area contributed by atoms with Crippen molar-refractivity contribution in [3.05, 3.63) is 60.8 Å². The van der Waals surface area contributed by atoms with Crippen LogP contribution < -0.4 is 0 Å². The average molecular weight is 437 g/mol. The molecule has 2 unspecified atom stereocenters. The van der Waals surface area contributed by atoms with Gasteiger partial charge in [-0.15, -0.1) is 0 Å². The smallest absolute Gasteiger partial charge is 0.243 e. The van der Waals surface area contributed by atoms with E-state index in [1.807, 2.05) is 30.3 Å². The number of fused-ring (bicyclic) bond motifs is 2. The maximum absolute atomic E-state index is 13.5. The van der Waals surface area contributed by atoms with Gasteiger partial charge in [0.1, 0.15) is 0 Å². The Morgan fingerprint density at radius 2 is 1.68 bits per heavy atom. The molecule has 1 saturated carbocycles. The zero-order valence-corrected chi connectivity index (χ0v) is 19.0. The van der Waals surface area contributed by atoms with Crippen LogP contribution in [0.5, 0.6) is 0 Å². The summed E-state index contributed by atoms with van der Waals surface area (Å²) in [6.45, 7) is 7.34. The van der Waals surface area contributed by atoms with E-state index >= 15 is 0 Å². The van der Waals surface area contributed by atoms with Gasteiger partial charge in [-0.05, 0) is 54.4 Å². The Morgan fingerprint density at radius 1 is 0.968 bits per heavy atom. The van der Waals surface area contributed by atoms with E-state index < -0.39 is 10.0 Å². The van der Waals surface area contributed by atoms with Gasteiger partial charge in [0.2, 0.25) is 15.9 Å². The van der Waals surface area contributed by atoms with Crippen LogP contribution in [0, 0.1) is 10.8 Å². The summed E-state index contributed by atoms with van der Waals surface area (Å²) in [5, 5.41) is 0. The summed E-state index contributed by atoms with van der Waals surface area (Å²) in [7, 11) is -3.54. The van der Waals surface area contributed by atoms with E-state index in [4.69, 9.17) is 4.42 Å². The number of benzene rings is 2. The molecule has 5 nitrogen and oxygen atoms in total. The van der Waals surface area contributed by atoms with Crippen LogP contribution in [0.1, 0.15) is 40.0 Å². The van der Waals surface area contributed by atoms with Crippen molar-refractivity contribution in [2.75, 3.05) is 6.54 Å². The molecule has 162 valence electrons. The van der Waals surface area contributed by atoms with Gasteiger partial charge in [0.15, 0.2) is 5.76 Å². The van der Waals surface area contributed by atoms with Crippen LogP contribution in [0.4, 0.5) is 0 Å². The monoisotopic (exact) mass is 436 g/mol. The number of hydrogen-bond acceptors (Lipinski definition) is 4. The van der Waals surface area contributed by atoms with E-state index in [1.54, 1.807) is 34.8 Å². The molecule has 3 aromatic rings. The van der Waals surface area contributed by atoms with Crippen molar-refractivity contribution in [1.29, 1.82) is 0 Å². The molecule has 0 radical (unpaired) electrons. The minimum absolute atomic E-state index is 0.0609. The highest BCUT2D eigenvalue weighted by Crippen LogP contribution is 2.53. The molecule has 31 heavy (non-hydrogen) atoms. The third kappa shape index (κ3) is 3.72. The zero-order valence-electron chi connectivity index (χ0n) is 18.2. The maximum atomic E-state index is 13.5. The van der Waals surface area contributed by atoms with Crippen molar-refractivity contribution in [3.8, 4) is 22.8 Å². The maximum Gasteiger partial charge on any atom is 0.243 e. The average Bonchev–Trinajstić information content (AvgIpc) is 3.31. The lowest BCUT2D eigenvalue weighted by Gasteiger charge is -2.39. The molecule has 0 N–H and O–H groups in total. The van der Waals surface area contributed by atoms with Crippen LogP contribution in [0.15, 0.2) is 70.1 Å². The van der Waals surface area contributed by atoms with Gasteiger partial charge in [0, 0.05) is 23.7 Å². The lowest BCUT2D eigenvalue weighted by molar-refractivity contribution is 0.133. The Kier molecular flexibility index (Phi) is 4.65. The molecule has 1 saturated heterocycles. The molecule has 2 atom stereocenters. The highest BCUT2D eigenvalue weighted by atomic mass is 32.2. The van der Waals surface area contributed by atoms with Gasteiger partial charge in [-0.2, -0.15) is 4.31 Å². The van der Waals surface area contributed by atoms with Crippen LogP contribution in [-0.4, -0.2) is 30.3 Å². The number of aromatic nitrogens is 1.